The number of carbonyl (C=O) groups is 1. The molecule has 3 aromatic rings. The van der Waals surface area contributed by atoms with Gasteiger partial charge in [-0.3, -0.25) is 9.10 Å². The highest BCUT2D eigenvalue weighted by atomic mass is 35.5. The number of carbonyl (C=O) groups excluding carboxylic acids is 1. The Hall–Kier alpha value is -2.83. The van der Waals surface area contributed by atoms with Crippen molar-refractivity contribution in [3.63, 3.8) is 0 Å². The minimum absolute atomic E-state index is 0.0645. The first kappa shape index (κ1) is 22.8. The lowest BCUT2D eigenvalue weighted by Gasteiger charge is -2.25. The maximum Gasteiger partial charge on any atom is 0.264 e. The second kappa shape index (κ2) is 9.12. The first-order chi connectivity index (χ1) is 14.6. The van der Waals surface area contributed by atoms with Crippen LogP contribution >= 0.6 is 11.6 Å². The third-order valence-electron chi connectivity index (χ3n) is 5.35. The summed E-state index contributed by atoms with van der Waals surface area (Å²) in [6, 6.07) is 16.8. The molecule has 162 valence electrons. The van der Waals surface area contributed by atoms with Crippen molar-refractivity contribution in [1.82, 2.24) is 0 Å². The van der Waals surface area contributed by atoms with Crippen LogP contribution in [0, 0.1) is 27.7 Å². The highest BCUT2D eigenvalue weighted by Gasteiger charge is 2.27. The van der Waals surface area contributed by atoms with E-state index in [1.165, 1.54) is 24.3 Å². The molecule has 0 spiro atoms. The van der Waals surface area contributed by atoms with E-state index in [-0.39, 0.29) is 11.4 Å². The van der Waals surface area contributed by atoms with Crippen molar-refractivity contribution in [3.05, 3.63) is 87.9 Å². The van der Waals surface area contributed by atoms with E-state index in [9.17, 15) is 13.2 Å². The van der Waals surface area contributed by atoms with Gasteiger partial charge in [0.05, 0.1) is 10.6 Å². The van der Waals surface area contributed by atoms with Gasteiger partial charge in [-0.1, -0.05) is 29.8 Å². The summed E-state index contributed by atoms with van der Waals surface area (Å²) in [6.07, 6.45) is 0. The lowest BCUT2D eigenvalue weighted by molar-refractivity contribution is -0.114. The van der Waals surface area contributed by atoms with E-state index in [1.807, 2.05) is 45.9 Å². The molecule has 1 amide bonds. The molecule has 3 aromatic carbocycles. The van der Waals surface area contributed by atoms with Crippen LogP contribution in [-0.4, -0.2) is 20.9 Å². The van der Waals surface area contributed by atoms with Gasteiger partial charge in [-0.05, 0) is 92.4 Å². The Morgan fingerprint density at radius 1 is 0.903 bits per heavy atom. The molecule has 0 radical (unpaired) electrons. The Balaban J connectivity index is 1.99. The average Bonchev–Trinajstić information content (AvgIpc) is 2.72. The Kier molecular flexibility index (Phi) is 6.72. The summed E-state index contributed by atoms with van der Waals surface area (Å²) >= 11 is 5.93. The van der Waals surface area contributed by atoms with Crippen LogP contribution in [0.25, 0.3) is 0 Å². The summed E-state index contributed by atoms with van der Waals surface area (Å²) in [5, 5.41) is 3.28. The van der Waals surface area contributed by atoms with Gasteiger partial charge in [-0.15, -0.1) is 0 Å². The maximum absolute atomic E-state index is 13.5. The molecule has 0 heterocycles. The molecule has 0 atom stereocenters. The van der Waals surface area contributed by atoms with Crippen LogP contribution in [0.3, 0.4) is 0 Å². The first-order valence-electron chi connectivity index (χ1n) is 9.81. The Bertz CT molecular complexity index is 1220. The summed E-state index contributed by atoms with van der Waals surface area (Å²) in [4.78, 5) is 13.0. The Labute approximate surface area is 188 Å². The predicted molar refractivity (Wildman–Crippen MR) is 126 cm³/mol. The molecule has 3 rings (SSSR count). The third-order valence-corrected chi connectivity index (χ3v) is 7.39. The number of hydrogen-bond donors (Lipinski definition) is 1. The van der Waals surface area contributed by atoms with Gasteiger partial charge >= 0.3 is 0 Å². The summed E-state index contributed by atoms with van der Waals surface area (Å²) in [5.41, 5.74) is 5.03. The zero-order valence-corrected chi connectivity index (χ0v) is 19.5. The molecule has 0 aliphatic rings. The van der Waals surface area contributed by atoms with Gasteiger partial charge < -0.3 is 5.32 Å². The molecule has 0 saturated carbocycles. The van der Waals surface area contributed by atoms with Crippen LogP contribution in [0.5, 0.6) is 0 Å². The van der Waals surface area contributed by atoms with Crippen molar-refractivity contribution in [2.75, 3.05) is 16.2 Å². The number of anilines is 2. The van der Waals surface area contributed by atoms with E-state index in [4.69, 9.17) is 11.6 Å². The number of nitrogens with zero attached hydrogens (tertiary/aromatic N) is 1. The summed E-state index contributed by atoms with van der Waals surface area (Å²) in [7, 11) is -3.99. The van der Waals surface area contributed by atoms with Crippen LogP contribution in [-0.2, 0) is 14.8 Å². The maximum atomic E-state index is 13.5. The second-order valence-corrected chi connectivity index (χ2v) is 9.83. The van der Waals surface area contributed by atoms with Crippen LogP contribution in [0.4, 0.5) is 11.4 Å². The number of benzene rings is 3. The van der Waals surface area contributed by atoms with Gasteiger partial charge in [0.1, 0.15) is 6.54 Å². The molecule has 0 fully saturated rings. The predicted octanol–water partition coefficient (Wildman–Crippen LogP) is 5.41. The molecule has 0 aliphatic heterocycles. The van der Waals surface area contributed by atoms with E-state index in [1.54, 1.807) is 18.2 Å². The fourth-order valence-electron chi connectivity index (χ4n) is 3.14. The highest BCUT2D eigenvalue weighted by Crippen LogP contribution is 2.27. The van der Waals surface area contributed by atoms with Crippen LogP contribution in [0.15, 0.2) is 65.6 Å². The van der Waals surface area contributed by atoms with Crippen molar-refractivity contribution in [1.29, 1.82) is 0 Å². The minimum Gasteiger partial charge on any atom is -0.324 e. The van der Waals surface area contributed by atoms with E-state index in [0.29, 0.717) is 16.4 Å². The van der Waals surface area contributed by atoms with Crippen LogP contribution in [0.2, 0.25) is 5.02 Å². The second-order valence-electron chi connectivity index (χ2n) is 7.53. The van der Waals surface area contributed by atoms with Crippen molar-refractivity contribution >= 4 is 38.9 Å². The van der Waals surface area contributed by atoms with Gasteiger partial charge in [-0.25, -0.2) is 8.42 Å². The van der Waals surface area contributed by atoms with Gasteiger partial charge in [0.15, 0.2) is 0 Å². The van der Waals surface area contributed by atoms with Crippen molar-refractivity contribution in [2.45, 2.75) is 32.6 Å². The largest absolute Gasteiger partial charge is 0.324 e. The van der Waals surface area contributed by atoms with Crippen LogP contribution < -0.4 is 9.62 Å². The van der Waals surface area contributed by atoms with Crippen LogP contribution in [0.1, 0.15) is 22.3 Å². The summed E-state index contributed by atoms with van der Waals surface area (Å²) in [6.45, 7) is 7.36. The zero-order valence-electron chi connectivity index (χ0n) is 17.9. The lowest BCUT2D eigenvalue weighted by atomic mass is 10.1. The number of sulfonamides is 1. The van der Waals surface area contributed by atoms with E-state index in [0.717, 1.165) is 26.6 Å². The molecular weight excluding hydrogens is 432 g/mol. The van der Waals surface area contributed by atoms with Gasteiger partial charge in [0.25, 0.3) is 10.0 Å². The van der Waals surface area contributed by atoms with Crippen molar-refractivity contribution in [2.24, 2.45) is 0 Å². The number of halogens is 1. The number of rotatable bonds is 6. The van der Waals surface area contributed by atoms with Crippen molar-refractivity contribution in [3.8, 4) is 0 Å². The molecule has 0 aromatic heterocycles. The molecule has 31 heavy (non-hydrogen) atoms. The average molecular weight is 457 g/mol. The fourth-order valence-corrected chi connectivity index (χ4v) is 4.68. The number of amides is 1. The summed E-state index contributed by atoms with van der Waals surface area (Å²) < 4.78 is 28.0. The highest BCUT2D eigenvalue weighted by molar-refractivity contribution is 7.92. The Morgan fingerprint density at radius 2 is 1.58 bits per heavy atom. The SMILES string of the molecule is Cc1ccc(N(CC(=O)Nc2cccc(C)c2C)S(=O)(=O)c2ccc(Cl)cc2)cc1C. The minimum atomic E-state index is -3.99. The topological polar surface area (TPSA) is 66.5 Å². The lowest BCUT2D eigenvalue weighted by Crippen LogP contribution is -2.38. The fraction of sp³-hybridized carbons (Fsp3) is 0.208. The normalized spacial score (nSPS) is 11.3. The molecule has 0 bridgehead atoms. The third kappa shape index (κ3) is 5.09. The van der Waals surface area contributed by atoms with Crippen molar-refractivity contribution < 1.29 is 13.2 Å². The molecule has 0 aliphatic carbocycles. The van der Waals surface area contributed by atoms with E-state index >= 15 is 0 Å². The molecular formula is C24H25ClN2O3S. The van der Waals surface area contributed by atoms with E-state index in [2.05, 4.69) is 5.32 Å². The number of nitrogens with one attached hydrogen (secondary N) is 1. The monoisotopic (exact) mass is 456 g/mol. The van der Waals surface area contributed by atoms with Gasteiger partial charge in [-0.2, -0.15) is 0 Å². The standard InChI is InChI=1S/C24H25ClN2O3S/c1-16-8-11-21(14-18(16)3)27(31(29,30)22-12-9-20(25)10-13-22)15-24(28)26-23-7-5-6-17(2)19(23)4/h5-14H,15H2,1-4H3,(H,26,28). The number of aryl methyl sites for hydroxylation is 3. The molecule has 0 saturated heterocycles. The quantitative estimate of drug-likeness (QED) is 0.539. The molecule has 7 heteroatoms. The Morgan fingerprint density at radius 3 is 2.23 bits per heavy atom. The van der Waals surface area contributed by atoms with Gasteiger partial charge in [0.2, 0.25) is 5.91 Å². The molecule has 5 nitrogen and oxygen atoms in total. The first-order valence-corrected chi connectivity index (χ1v) is 11.6. The number of hydrogen-bond acceptors (Lipinski definition) is 3. The summed E-state index contributed by atoms with van der Waals surface area (Å²) in [5.74, 6) is -0.426. The molecule has 0 unspecified atom stereocenters. The van der Waals surface area contributed by atoms with Gasteiger partial charge in [0, 0.05) is 10.7 Å². The van der Waals surface area contributed by atoms with E-state index < -0.39 is 15.9 Å². The molecule has 1 N–H and O–H groups in total. The zero-order chi connectivity index (χ0) is 22.8. The smallest absolute Gasteiger partial charge is 0.264 e.